The molecule has 1 aliphatic rings. The van der Waals surface area contributed by atoms with Crippen LogP contribution in [0.3, 0.4) is 0 Å². The molecule has 0 unspecified atom stereocenters. The normalized spacial score (nSPS) is 14.3. The second kappa shape index (κ2) is 7.52. The van der Waals surface area contributed by atoms with E-state index < -0.39 is 5.41 Å². The van der Waals surface area contributed by atoms with Gasteiger partial charge in [0.05, 0.1) is 28.7 Å². The number of pyridine rings is 1. The maximum Gasteiger partial charge on any atom is 0.235 e. The molecule has 1 aliphatic heterocycles. The van der Waals surface area contributed by atoms with Crippen LogP contribution in [-0.4, -0.2) is 40.4 Å². The van der Waals surface area contributed by atoms with Crippen molar-refractivity contribution in [3.63, 3.8) is 0 Å². The van der Waals surface area contributed by atoms with Gasteiger partial charge in [-0.05, 0) is 38.1 Å². The quantitative estimate of drug-likeness (QED) is 0.431. The van der Waals surface area contributed by atoms with Crippen molar-refractivity contribution in [2.24, 2.45) is 7.05 Å². The Morgan fingerprint density at radius 3 is 2.63 bits per heavy atom. The molecule has 1 N–H and O–H groups in total. The van der Waals surface area contributed by atoms with E-state index in [1.807, 2.05) is 33.0 Å². The minimum atomic E-state index is -0.818. The maximum atomic E-state index is 14.4. The molecule has 0 saturated heterocycles. The minimum Gasteiger partial charge on any atom is -0.310 e. The molecule has 174 valence electrons. The Kier molecular flexibility index (Phi) is 4.53. The third-order valence-corrected chi connectivity index (χ3v) is 6.39. The van der Waals surface area contributed by atoms with Crippen molar-refractivity contribution in [3.05, 3.63) is 71.8 Å². The number of fused-ring (bicyclic) bond motifs is 2. The Morgan fingerprint density at radius 1 is 1.03 bits per heavy atom. The summed E-state index contributed by atoms with van der Waals surface area (Å²) in [6.07, 6.45) is 3.35. The third kappa shape index (κ3) is 3.21. The molecule has 5 heterocycles. The predicted molar refractivity (Wildman–Crippen MR) is 128 cm³/mol. The first-order valence-corrected chi connectivity index (χ1v) is 11.1. The largest absolute Gasteiger partial charge is 0.310 e. The fourth-order valence-corrected chi connectivity index (χ4v) is 4.49. The fraction of sp³-hybridized carbons (Fsp3) is 0.200. The fourth-order valence-electron chi connectivity index (χ4n) is 4.49. The van der Waals surface area contributed by atoms with Crippen molar-refractivity contribution < 1.29 is 9.18 Å². The molecule has 1 amide bonds. The second-order valence-corrected chi connectivity index (χ2v) is 9.01. The SMILES string of the molecule is Cn1nccc1-c1nc(-c2nn(Cc3ccccc3F)c3ncccc23)nc2c1C(C)(C)C(=O)N2. The number of hydrogen-bond donors (Lipinski definition) is 1. The topological polar surface area (TPSA) is 103 Å². The molecule has 10 heteroatoms. The van der Waals surface area contributed by atoms with Crippen LogP contribution in [0.5, 0.6) is 0 Å². The lowest BCUT2D eigenvalue weighted by atomic mass is 9.85. The molecule has 5 aromatic rings. The van der Waals surface area contributed by atoms with E-state index in [-0.39, 0.29) is 18.3 Å². The van der Waals surface area contributed by atoms with Crippen molar-refractivity contribution in [1.29, 1.82) is 0 Å². The number of nitrogens with zero attached hydrogens (tertiary/aromatic N) is 7. The van der Waals surface area contributed by atoms with E-state index in [4.69, 9.17) is 15.1 Å². The molecule has 0 fully saturated rings. The van der Waals surface area contributed by atoms with Crippen LogP contribution >= 0.6 is 0 Å². The summed E-state index contributed by atoms with van der Waals surface area (Å²) < 4.78 is 17.7. The molecule has 0 spiro atoms. The van der Waals surface area contributed by atoms with Gasteiger partial charge in [-0.15, -0.1) is 0 Å². The van der Waals surface area contributed by atoms with Crippen LogP contribution in [0.1, 0.15) is 25.0 Å². The molecule has 35 heavy (non-hydrogen) atoms. The number of rotatable bonds is 4. The molecule has 1 aromatic carbocycles. The Balaban J connectivity index is 1.58. The number of benzene rings is 1. The number of aryl methyl sites for hydroxylation is 1. The molecule has 0 aliphatic carbocycles. The molecule has 6 rings (SSSR count). The second-order valence-electron chi connectivity index (χ2n) is 9.01. The average Bonchev–Trinajstić information content (AvgIpc) is 3.49. The molecular weight excluding hydrogens is 447 g/mol. The first-order valence-electron chi connectivity index (χ1n) is 11.1. The minimum absolute atomic E-state index is 0.154. The number of anilines is 1. The van der Waals surface area contributed by atoms with Gasteiger partial charge < -0.3 is 5.32 Å². The zero-order chi connectivity index (χ0) is 24.3. The Hall–Kier alpha value is -4.47. The summed E-state index contributed by atoms with van der Waals surface area (Å²) in [6.45, 7) is 3.89. The summed E-state index contributed by atoms with van der Waals surface area (Å²) in [5.74, 6) is 0.315. The highest BCUT2D eigenvalue weighted by Crippen LogP contribution is 2.43. The smallest absolute Gasteiger partial charge is 0.235 e. The van der Waals surface area contributed by atoms with E-state index in [2.05, 4.69) is 15.4 Å². The molecule has 0 radical (unpaired) electrons. The molecule has 0 bridgehead atoms. The van der Waals surface area contributed by atoms with Gasteiger partial charge in [0.25, 0.3) is 0 Å². The molecule has 0 saturated carbocycles. The van der Waals surface area contributed by atoms with Gasteiger partial charge in [-0.3, -0.25) is 9.48 Å². The van der Waals surface area contributed by atoms with E-state index in [9.17, 15) is 9.18 Å². The number of amides is 1. The van der Waals surface area contributed by atoms with E-state index in [0.717, 1.165) is 11.1 Å². The first kappa shape index (κ1) is 21.1. The van der Waals surface area contributed by atoms with E-state index in [1.54, 1.807) is 46.0 Å². The zero-order valence-electron chi connectivity index (χ0n) is 19.3. The monoisotopic (exact) mass is 468 g/mol. The van der Waals surface area contributed by atoms with Crippen LogP contribution in [0.4, 0.5) is 10.2 Å². The summed E-state index contributed by atoms with van der Waals surface area (Å²) in [5, 5.41) is 12.7. The number of carbonyl (C=O) groups is 1. The summed E-state index contributed by atoms with van der Waals surface area (Å²) in [7, 11) is 1.82. The van der Waals surface area contributed by atoms with Crippen LogP contribution in [0.2, 0.25) is 0 Å². The van der Waals surface area contributed by atoms with Crippen LogP contribution in [0.15, 0.2) is 54.9 Å². The van der Waals surface area contributed by atoms with Gasteiger partial charge in [0.1, 0.15) is 17.3 Å². The summed E-state index contributed by atoms with van der Waals surface area (Å²) in [4.78, 5) is 26.9. The van der Waals surface area contributed by atoms with Crippen molar-refractivity contribution in [1.82, 2.24) is 34.5 Å². The zero-order valence-corrected chi connectivity index (χ0v) is 19.3. The van der Waals surface area contributed by atoms with Crippen LogP contribution in [-0.2, 0) is 23.8 Å². The summed E-state index contributed by atoms with van der Waals surface area (Å²) in [6, 6.07) is 12.1. The van der Waals surface area contributed by atoms with Gasteiger partial charge in [-0.25, -0.2) is 24.0 Å². The molecule has 0 atom stereocenters. The lowest BCUT2D eigenvalue weighted by Gasteiger charge is -2.18. The van der Waals surface area contributed by atoms with Crippen LogP contribution in [0, 0.1) is 5.82 Å². The maximum absolute atomic E-state index is 14.4. The predicted octanol–water partition coefficient (Wildman–Crippen LogP) is 3.71. The average molecular weight is 468 g/mol. The first-order chi connectivity index (χ1) is 16.8. The van der Waals surface area contributed by atoms with Gasteiger partial charge in [-0.1, -0.05) is 18.2 Å². The van der Waals surface area contributed by atoms with Crippen molar-refractivity contribution >= 4 is 22.8 Å². The number of halogens is 1. The van der Waals surface area contributed by atoms with Crippen molar-refractivity contribution in [2.45, 2.75) is 25.8 Å². The van der Waals surface area contributed by atoms with E-state index in [1.165, 1.54) is 6.07 Å². The van der Waals surface area contributed by atoms with E-state index >= 15 is 0 Å². The lowest BCUT2D eigenvalue weighted by molar-refractivity contribution is -0.119. The summed E-state index contributed by atoms with van der Waals surface area (Å²) in [5.41, 5.74) is 2.82. The van der Waals surface area contributed by atoms with Crippen LogP contribution in [0.25, 0.3) is 33.9 Å². The van der Waals surface area contributed by atoms with E-state index in [0.29, 0.717) is 39.8 Å². The third-order valence-electron chi connectivity index (χ3n) is 6.39. The Labute approximate surface area is 199 Å². The highest BCUT2D eigenvalue weighted by Gasteiger charge is 2.43. The van der Waals surface area contributed by atoms with Gasteiger partial charge in [-0.2, -0.15) is 10.2 Å². The van der Waals surface area contributed by atoms with Crippen LogP contribution < -0.4 is 5.32 Å². The highest BCUT2D eigenvalue weighted by molar-refractivity contribution is 6.07. The van der Waals surface area contributed by atoms with Crippen molar-refractivity contribution in [3.8, 4) is 22.9 Å². The van der Waals surface area contributed by atoms with Gasteiger partial charge in [0.2, 0.25) is 5.91 Å². The number of aromatic nitrogens is 7. The molecular formula is C25H21FN8O. The number of hydrogen-bond acceptors (Lipinski definition) is 6. The van der Waals surface area contributed by atoms with Gasteiger partial charge in [0, 0.05) is 30.6 Å². The molecule has 9 nitrogen and oxygen atoms in total. The van der Waals surface area contributed by atoms with Gasteiger partial charge in [0.15, 0.2) is 11.5 Å². The lowest BCUT2D eigenvalue weighted by Crippen LogP contribution is -2.27. The summed E-state index contributed by atoms with van der Waals surface area (Å²) >= 11 is 0. The van der Waals surface area contributed by atoms with Gasteiger partial charge >= 0.3 is 0 Å². The van der Waals surface area contributed by atoms with Crippen molar-refractivity contribution in [2.75, 3.05) is 5.32 Å². The highest BCUT2D eigenvalue weighted by atomic mass is 19.1. The standard InChI is InChI=1S/C25H21FN8O/c1-25(2)18-20(17-10-12-28-33(17)3)29-22(30-21(18)31-24(25)35)19-15-8-6-11-27-23(15)34(32-19)13-14-7-4-5-9-16(14)26/h4-12H,13H2,1-3H3,(H,29,30,31,35). The molecule has 4 aromatic heterocycles. The number of carbonyl (C=O) groups excluding carboxylic acids is 1. The Morgan fingerprint density at radius 2 is 1.86 bits per heavy atom. The number of nitrogens with one attached hydrogen (secondary N) is 1. The Bertz CT molecular complexity index is 1630.